The molecule has 1 nitrogen and oxygen atoms in total. The van der Waals surface area contributed by atoms with Gasteiger partial charge in [-0.05, 0) is 53.8 Å². The van der Waals surface area contributed by atoms with Crippen molar-refractivity contribution < 1.29 is 5.11 Å². The Morgan fingerprint density at radius 3 is 2.33 bits per heavy atom. The Morgan fingerprint density at radius 1 is 1.05 bits per heavy atom. The van der Waals surface area contributed by atoms with E-state index in [9.17, 15) is 5.11 Å². The second kappa shape index (κ2) is 5.75. The summed E-state index contributed by atoms with van der Waals surface area (Å²) in [4.78, 5) is -0.101. The lowest BCUT2D eigenvalue weighted by molar-refractivity contribution is 0.0705. The SMILES string of the molecule is OC1(c2ccc(Cl)cc2)c2cc(Cl)c(Cl)cc2CCC1Br. The van der Waals surface area contributed by atoms with E-state index in [2.05, 4.69) is 15.9 Å². The first-order chi connectivity index (χ1) is 9.92. The van der Waals surface area contributed by atoms with Crippen molar-refractivity contribution in [2.24, 2.45) is 0 Å². The number of hydrogen-bond donors (Lipinski definition) is 1. The number of fused-ring (bicyclic) bond motifs is 1. The molecule has 0 heterocycles. The summed E-state index contributed by atoms with van der Waals surface area (Å²) < 4.78 is 0. The van der Waals surface area contributed by atoms with Gasteiger partial charge >= 0.3 is 0 Å². The highest BCUT2D eigenvalue weighted by molar-refractivity contribution is 9.09. The van der Waals surface area contributed by atoms with Gasteiger partial charge in [-0.25, -0.2) is 0 Å². The van der Waals surface area contributed by atoms with Crippen molar-refractivity contribution in [3.63, 3.8) is 0 Å². The van der Waals surface area contributed by atoms with Crippen LogP contribution in [-0.4, -0.2) is 9.93 Å². The van der Waals surface area contributed by atoms with Crippen LogP contribution in [0.2, 0.25) is 15.1 Å². The molecule has 21 heavy (non-hydrogen) atoms. The standard InChI is InChI=1S/C16H12BrCl3O/c17-15-6-1-9-7-13(19)14(20)8-12(9)16(15,21)10-2-4-11(18)5-3-10/h2-5,7-8,15,21H,1,6H2. The molecule has 0 aromatic heterocycles. The van der Waals surface area contributed by atoms with Gasteiger partial charge in [-0.2, -0.15) is 0 Å². The fraction of sp³-hybridized carbons (Fsp3) is 0.250. The molecule has 2 unspecified atom stereocenters. The van der Waals surface area contributed by atoms with Gasteiger partial charge in [0, 0.05) is 5.02 Å². The van der Waals surface area contributed by atoms with Gasteiger partial charge in [-0.15, -0.1) is 0 Å². The van der Waals surface area contributed by atoms with Crippen LogP contribution in [0.25, 0.3) is 0 Å². The van der Waals surface area contributed by atoms with Crippen molar-refractivity contribution in [2.45, 2.75) is 23.3 Å². The fourth-order valence-corrected chi connectivity index (χ4v) is 4.07. The van der Waals surface area contributed by atoms with E-state index in [1.54, 1.807) is 18.2 Å². The molecule has 0 saturated heterocycles. The zero-order chi connectivity index (χ0) is 15.2. The van der Waals surface area contributed by atoms with Gasteiger partial charge in [0.1, 0.15) is 5.60 Å². The van der Waals surface area contributed by atoms with Crippen LogP contribution in [0.5, 0.6) is 0 Å². The number of alkyl halides is 1. The first kappa shape index (κ1) is 15.6. The molecule has 1 aliphatic carbocycles. The molecular weight excluding hydrogens is 394 g/mol. The molecule has 2 aromatic rings. The topological polar surface area (TPSA) is 20.2 Å². The molecule has 0 spiro atoms. The van der Waals surface area contributed by atoms with Gasteiger partial charge in [-0.1, -0.05) is 62.9 Å². The second-order valence-corrected chi connectivity index (χ2v) is 7.56. The predicted molar refractivity (Wildman–Crippen MR) is 91.9 cm³/mol. The maximum Gasteiger partial charge on any atom is 0.127 e. The minimum Gasteiger partial charge on any atom is -0.379 e. The van der Waals surface area contributed by atoms with Gasteiger partial charge < -0.3 is 5.11 Å². The van der Waals surface area contributed by atoms with Crippen molar-refractivity contribution in [1.29, 1.82) is 0 Å². The summed E-state index contributed by atoms with van der Waals surface area (Å²) in [6.45, 7) is 0. The highest BCUT2D eigenvalue weighted by Gasteiger charge is 2.43. The lowest BCUT2D eigenvalue weighted by Gasteiger charge is -2.39. The van der Waals surface area contributed by atoms with Crippen molar-refractivity contribution in [3.05, 3.63) is 68.2 Å². The molecule has 1 aliphatic rings. The number of aliphatic hydroxyl groups is 1. The molecule has 2 atom stereocenters. The summed E-state index contributed by atoms with van der Waals surface area (Å²) in [6, 6.07) is 10.9. The molecule has 3 rings (SSSR count). The summed E-state index contributed by atoms with van der Waals surface area (Å²) >= 11 is 21.8. The lowest BCUT2D eigenvalue weighted by Crippen LogP contribution is -2.41. The van der Waals surface area contributed by atoms with Crippen molar-refractivity contribution >= 4 is 50.7 Å². The van der Waals surface area contributed by atoms with Crippen LogP contribution in [0.4, 0.5) is 0 Å². The van der Waals surface area contributed by atoms with Crippen LogP contribution < -0.4 is 0 Å². The zero-order valence-corrected chi connectivity index (χ0v) is 14.8. The minimum absolute atomic E-state index is 0.101. The van der Waals surface area contributed by atoms with E-state index in [0.29, 0.717) is 15.1 Å². The molecule has 0 saturated carbocycles. The molecule has 0 bridgehead atoms. The van der Waals surface area contributed by atoms with Gasteiger partial charge in [0.15, 0.2) is 0 Å². The number of rotatable bonds is 1. The molecule has 1 N–H and O–H groups in total. The zero-order valence-electron chi connectivity index (χ0n) is 10.9. The fourth-order valence-electron chi connectivity index (χ4n) is 2.85. The first-order valence-electron chi connectivity index (χ1n) is 6.54. The van der Waals surface area contributed by atoms with Crippen molar-refractivity contribution in [3.8, 4) is 0 Å². The Hall–Kier alpha value is -0.250. The van der Waals surface area contributed by atoms with Gasteiger partial charge in [0.25, 0.3) is 0 Å². The van der Waals surface area contributed by atoms with Gasteiger partial charge in [-0.3, -0.25) is 0 Å². The van der Waals surface area contributed by atoms with E-state index in [1.165, 1.54) is 0 Å². The molecule has 5 heteroatoms. The highest BCUT2D eigenvalue weighted by Crippen LogP contribution is 2.46. The normalized spacial score (nSPS) is 24.7. The van der Waals surface area contributed by atoms with Crippen LogP contribution >= 0.6 is 50.7 Å². The third-order valence-electron chi connectivity index (χ3n) is 3.96. The Labute approximate surface area is 147 Å². The largest absolute Gasteiger partial charge is 0.379 e. The van der Waals surface area contributed by atoms with Crippen LogP contribution in [0.3, 0.4) is 0 Å². The molecule has 0 fully saturated rings. The van der Waals surface area contributed by atoms with Crippen LogP contribution in [0.1, 0.15) is 23.1 Å². The third-order valence-corrected chi connectivity index (χ3v) is 6.06. The Balaban J connectivity index is 2.22. The monoisotopic (exact) mass is 404 g/mol. The summed E-state index contributed by atoms with van der Waals surface area (Å²) in [7, 11) is 0. The third kappa shape index (κ3) is 2.62. The summed E-state index contributed by atoms with van der Waals surface area (Å²) in [5.74, 6) is 0. The second-order valence-electron chi connectivity index (χ2n) is 5.20. The molecule has 110 valence electrons. The number of aryl methyl sites for hydroxylation is 1. The van der Waals surface area contributed by atoms with Crippen LogP contribution in [-0.2, 0) is 12.0 Å². The molecule has 2 aromatic carbocycles. The van der Waals surface area contributed by atoms with Crippen molar-refractivity contribution in [2.75, 3.05) is 0 Å². The quantitative estimate of drug-likeness (QED) is 0.612. The average Bonchev–Trinajstić information content (AvgIpc) is 2.46. The number of hydrogen-bond acceptors (Lipinski definition) is 1. The minimum atomic E-state index is -1.15. The average molecular weight is 407 g/mol. The van der Waals surface area contributed by atoms with E-state index in [1.807, 2.05) is 18.2 Å². The summed E-state index contributed by atoms with van der Waals surface area (Å²) in [5.41, 5.74) is 1.46. The maximum atomic E-state index is 11.4. The molecule has 0 radical (unpaired) electrons. The van der Waals surface area contributed by atoms with Gasteiger partial charge in [0.2, 0.25) is 0 Å². The van der Waals surface area contributed by atoms with Crippen LogP contribution in [0, 0.1) is 0 Å². The van der Waals surface area contributed by atoms with Crippen molar-refractivity contribution in [1.82, 2.24) is 0 Å². The Morgan fingerprint density at radius 2 is 1.67 bits per heavy atom. The highest BCUT2D eigenvalue weighted by atomic mass is 79.9. The van der Waals surface area contributed by atoms with E-state index < -0.39 is 5.60 Å². The molecule has 0 aliphatic heterocycles. The Bertz CT molecular complexity index is 687. The predicted octanol–water partition coefficient (Wildman–Crippen LogP) is 5.59. The molecule has 0 amide bonds. The van der Waals surface area contributed by atoms with Crippen LogP contribution in [0.15, 0.2) is 36.4 Å². The summed E-state index contributed by atoms with van der Waals surface area (Å²) in [5, 5.41) is 13.0. The Kier molecular flexibility index (Phi) is 4.28. The number of halogens is 4. The number of benzene rings is 2. The summed E-state index contributed by atoms with van der Waals surface area (Å²) in [6.07, 6.45) is 1.65. The van der Waals surface area contributed by atoms with E-state index >= 15 is 0 Å². The molecular formula is C16H12BrCl3O. The lowest BCUT2D eigenvalue weighted by atomic mass is 9.75. The smallest absolute Gasteiger partial charge is 0.127 e. The maximum absolute atomic E-state index is 11.4. The first-order valence-corrected chi connectivity index (χ1v) is 8.58. The van der Waals surface area contributed by atoms with E-state index in [4.69, 9.17) is 34.8 Å². The van der Waals surface area contributed by atoms with Gasteiger partial charge in [0.05, 0.1) is 14.9 Å². The van der Waals surface area contributed by atoms with E-state index in [-0.39, 0.29) is 4.83 Å². The van der Waals surface area contributed by atoms with E-state index in [0.717, 1.165) is 29.5 Å².